The molecule has 1 aliphatic heterocycles. The number of nitrogens with one attached hydrogen (secondary N) is 2. The van der Waals surface area contributed by atoms with Gasteiger partial charge in [-0.25, -0.2) is 4.98 Å². The van der Waals surface area contributed by atoms with E-state index in [1.807, 2.05) is 31.2 Å². The lowest BCUT2D eigenvalue weighted by Crippen LogP contribution is -2.33. The van der Waals surface area contributed by atoms with Gasteiger partial charge in [0.2, 0.25) is 5.91 Å². The number of nitrogens with zero attached hydrogens (tertiary/aromatic N) is 1. The van der Waals surface area contributed by atoms with E-state index >= 15 is 0 Å². The highest BCUT2D eigenvalue weighted by Crippen LogP contribution is 2.20. The van der Waals surface area contributed by atoms with E-state index in [-0.39, 0.29) is 17.9 Å². The second-order valence-electron chi connectivity index (χ2n) is 4.89. The molecule has 0 radical (unpaired) electrons. The highest BCUT2D eigenvalue weighted by Gasteiger charge is 2.30. The van der Waals surface area contributed by atoms with Crippen LogP contribution in [0.1, 0.15) is 19.2 Å². The zero-order chi connectivity index (χ0) is 13.2. The molecule has 0 aliphatic carbocycles. The second kappa shape index (κ2) is 5.01. The molecule has 3 rings (SSSR count). The van der Waals surface area contributed by atoms with Crippen LogP contribution in [0.4, 0.5) is 0 Å². The molecule has 5 nitrogen and oxygen atoms in total. The summed E-state index contributed by atoms with van der Waals surface area (Å²) >= 11 is 0. The standard InChI is InChI=1S/C14H17N3O2/c1-9-10(6-7-19-9)14(18)15-8-13-16-11-4-2-3-5-12(11)17-13/h2-5,9-10H,6-8H2,1H3,(H,15,18)(H,16,17). The van der Waals surface area contributed by atoms with Crippen molar-refractivity contribution in [3.63, 3.8) is 0 Å². The molecule has 2 atom stereocenters. The number of imidazole rings is 1. The quantitative estimate of drug-likeness (QED) is 0.880. The normalized spacial score (nSPS) is 22.8. The van der Waals surface area contributed by atoms with Crippen LogP contribution in [0.3, 0.4) is 0 Å². The van der Waals surface area contributed by atoms with Crippen LogP contribution < -0.4 is 5.32 Å². The number of para-hydroxylation sites is 2. The van der Waals surface area contributed by atoms with Crippen LogP contribution in [0.2, 0.25) is 0 Å². The van der Waals surface area contributed by atoms with Gasteiger partial charge in [0.1, 0.15) is 5.82 Å². The molecule has 1 saturated heterocycles. The Hall–Kier alpha value is -1.88. The molecule has 5 heteroatoms. The van der Waals surface area contributed by atoms with Crippen molar-refractivity contribution in [1.29, 1.82) is 0 Å². The van der Waals surface area contributed by atoms with Crippen LogP contribution in [-0.2, 0) is 16.1 Å². The highest BCUT2D eigenvalue weighted by atomic mass is 16.5. The zero-order valence-corrected chi connectivity index (χ0v) is 10.8. The van der Waals surface area contributed by atoms with Gasteiger partial charge in [0.25, 0.3) is 0 Å². The third-order valence-corrected chi connectivity index (χ3v) is 3.58. The molecule has 0 saturated carbocycles. The number of carbonyl (C=O) groups is 1. The monoisotopic (exact) mass is 259 g/mol. The Balaban J connectivity index is 1.64. The minimum atomic E-state index is -0.0376. The Morgan fingerprint density at radius 1 is 1.53 bits per heavy atom. The molecule has 19 heavy (non-hydrogen) atoms. The number of aromatic amines is 1. The molecule has 0 spiro atoms. The number of aromatic nitrogens is 2. The van der Waals surface area contributed by atoms with Crippen LogP contribution >= 0.6 is 0 Å². The maximum absolute atomic E-state index is 12.0. The summed E-state index contributed by atoms with van der Waals surface area (Å²) < 4.78 is 5.40. The molecule has 100 valence electrons. The third-order valence-electron chi connectivity index (χ3n) is 3.58. The summed E-state index contributed by atoms with van der Waals surface area (Å²) in [7, 11) is 0. The van der Waals surface area contributed by atoms with Crippen LogP contribution in [0.15, 0.2) is 24.3 Å². The number of hydrogen-bond acceptors (Lipinski definition) is 3. The van der Waals surface area contributed by atoms with Gasteiger partial charge in [0, 0.05) is 6.61 Å². The van der Waals surface area contributed by atoms with E-state index < -0.39 is 0 Å². The molecular weight excluding hydrogens is 242 g/mol. The summed E-state index contributed by atoms with van der Waals surface area (Å²) in [4.78, 5) is 19.6. The number of rotatable bonds is 3. The summed E-state index contributed by atoms with van der Waals surface area (Å²) in [6, 6.07) is 7.83. The fourth-order valence-electron chi connectivity index (χ4n) is 2.47. The summed E-state index contributed by atoms with van der Waals surface area (Å²) in [5.74, 6) is 0.788. The van der Waals surface area contributed by atoms with Crippen molar-refractivity contribution in [1.82, 2.24) is 15.3 Å². The fourth-order valence-corrected chi connectivity index (χ4v) is 2.47. The van der Waals surface area contributed by atoms with Gasteiger partial charge in [-0.05, 0) is 25.5 Å². The highest BCUT2D eigenvalue weighted by molar-refractivity contribution is 5.79. The summed E-state index contributed by atoms with van der Waals surface area (Å²) in [6.07, 6.45) is 0.809. The number of benzene rings is 1. The zero-order valence-electron chi connectivity index (χ0n) is 10.8. The SMILES string of the molecule is CC1OCCC1C(=O)NCc1nc2ccccc2[nH]1. The Bertz CT molecular complexity index is 560. The minimum absolute atomic E-state index is 0.00988. The van der Waals surface area contributed by atoms with E-state index in [0.29, 0.717) is 13.2 Å². The van der Waals surface area contributed by atoms with Crippen molar-refractivity contribution in [3.05, 3.63) is 30.1 Å². The molecule has 0 bridgehead atoms. The van der Waals surface area contributed by atoms with Crippen molar-refractivity contribution in [2.24, 2.45) is 5.92 Å². The van der Waals surface area contributed by atoms with Crippen molar-refractivity contribution < 1.29 is 9.53 Å². The fraction of sp³-hybridized carbons (Fsp3) is 0.429. The lowest BCUT2D eigenvalue weighted by Gasteiger charge is -2.13. The van der Waals surface area contributed by atoms with Gasteiger partial charge in [-0.3, -0.25) is 4.79 Å². The average Bonchev–Trinajstić information content (AvgIpc) is 3.01. The van der Waals surface area contributed by atoms with E-state index in [2.05, 4.69) is 15.3 Å². The molecule has 2 aromatic rings. The predicted molar refractivity (Wildman–Crippen MR) is 71.5 cm³/mol. The van der Waals surface area contributed by atoms with Gasteiger partial charge in [0.05, 0.1) is 29.6 Å². The maximum Gasteiger partial charge on any atom is 0.226 e. The van der Waals surface area contributed by atoms with Gasteiger partial charge >= 0.3 is 0 Å². The van der Waals surface area contributed by atoms with Gasteiger partial charge < -0.3 is 15.0 Å². The number of fused-ring (bicyclic) bond motifs is 1. The van der Waals surface area contributed by atoms with Crippen molar-refractivity contribution >= 4 is 16.9 Å². The lowest BCUT2D eigenvalue weighted by atomic mass is 10.0. The molecule has 1 aromatic carbocycles. The predicted octanol–water partition coefficient (Wildman–Crippen LogP) is 1.60. The van der Waals surface area contributed by atoms with Crippen molar-refractivity contribution in [2.75, 3.05) is 6.61 Å². The molecule has 1 aromatic heterocycles. The Labute approximate surface area is 111 Å². The van der Waals surface area contributed by atoms with E-state index in [1.165, 1.54) is 0 Å². The van der Waals surface area contributed by atoms with Crippen molar-refractivity contribution in [2.45, 2.75) is 26.0 Å². The molecule has 2 N–H and O–H groups in total. The van der Waals surface area contributed by atoms with Gasteiger partial charge in [-0.2, -0.15) is 0 Å². The van der Waals surface area contributed by atoms with Crippen LogP contribution in [0.25, 0.3) is 11.0 Å². The Kier molecular flexibility index (Phi) is 3.21. The molecule has 1 aliphatic rings. The van der Waals surface area contributed by atoms with E-state index in [9.17, 15) is 4.79 Å². The lowest BCUT2D eigenvalue weighted by molar-refractivity contribution is -0.126. The smallest absolute Gasteiger partial charge is 0.226 e. The van der Waals surface area contributed by atoms with Crippen LogP contribution in [0, 0.1) is 5.92 Å². The molecule has 2 unspecified atom stereocenters. The summed E-state index contributed by atoms with van der Waals surface area (Å²) in [5.41, 5.74) is 1.91. The first-order chi connectivity index (χ1) is 9.24. The number of H-pyrrole nitrogens is 1. The first-order valence-corrected chi connectivity index (χ1v) is 6.57. The third kappa shape index (κ3) is 2.46. The van der Waals surface area contributed by atoms with E-state index in [0.717, 1.165) is 23.3 Å². The average molecular weight is 259 g/mol. The largest absolute Gasteiger partial charge is 0.378 e. The summed E-state index contributed by atoms with van der Waals surface area (Å²) in [5, 5.41) is 2.92. The van der Waals surface area contributed by atoms with Crippen LogP contribution in [-0.4, -0.2) is 28.6 Å². The number of hydrogen-bond donors (Lipinski definition) is 2. The number of carbonyl (C=O) groups excluding carboxylic acids is 1. The van der Waals surface area contributed by atoms with Gasteiger partial charge in [0.15, 0.2) is 0 Å². The topological polar surface area (TPSA) is 67.0 Å². The second-order valence-corrected chi connectivity index (χ2v) is 4.89. The molecular formula is C14H17N3O2. The van der Waals surface area contributed by atoms with Gasteiger partial charge in [-0.15, -0.1) is 0 Å². The molecule has 2 heterocycles. The Morgan fingerprint density at radius 2 is 2.37 bits per heavy atom. The van der Waals surface area contributed by atoms with E-state index in [1.54, 1.807) is 0 Å². The van der Waals surface area contributed by atoms with E-state index in [4.69, 9.17) is 4.74 Å². The molecule has 1 fully saturated rings. The Morgan fingerprint density at radius 3 is 3.11 bits per heavy atom. The number of ether oxygens (including phenoxy) is 1. The van der Waals surface area contributed by atoms with Gasteiger partial charge in [-0.1, -0.05) is 12.1 Å². The number of amides is 1. The summed E-state index contributed by atoms with van der Waals surface area (Å²) in [6.45, 7) is 3.04. The molecule has 1 amide bonds. The first-order valence-electron chi connectivity index (χ1n) is 6.57. The first kappa shape index (κ1) is 12.2. The van der Waals surface area contributed by atoms with Crippen LogP contribution in [0.5, 0.6) is 0 Å². The minimum Gasteiger partial charge on any atom is -0.378 e. The maximum atomic E-state index is 12.0. The van der Waals surface area contributed by atoms with Crippen molar-refractivity contribution in [3.8, 4) is 0 Å².